The minimum atomic E-state index is -0.299. The van der Waals surface area contributed by atoms with E-state index >= 15 is 0 Å². The zero-order valence-corrected chi connectivity index (χ0v) is 18.6. The van der Waals surface area contributed by atoms with Gasteiger partial charge in [-0.1, -0.05) is 0 Å². The Bertz CT molecular complexity index is 957. The summed E-state index contributed by atoms with van der Waals surface area (Å²) in [5.41, 5.74) is 1.11. The molecular formula is C23H30N6O3. The Morgan fingerprint density at radius 2 is 2.03 bits per heavy atom. The lowest BCUT2D eigenvalue weighted by molar-refractivity contribution is 0.0934. The Kier molecular flexibility index (Phi) is 5.82. The van der Waals surface area contributed by atoms with Crippen LogP contribution in [0.2, 0.25) is 0 Å². The number of morpholine rings is 1. The summed E-state index contributed by atoms with van der Waals surface area (Å²) in [6.07, 6.45) is 5.41. The van der Waals surface area contributed by atoms with Crippen LogP contribution in [0.1, 0.15) is 48.4 Å². The lowest BCUT2D eigenvalue weighted by Gasteiger charge is -2.29. The van der Waals surface area contributed by atoms with Crippen LogP contribution < -0.4 is 20.3 Å². The van der Waals surface area contributed by atoms with Gasteiger partial charge in [-0.15, -0.1) is 0 Å². The van der Waals surface area contributed by atoms with Gasteiger partial charge in [0.15, 0.2) is 0 Å². The van der Waals surface area contributed by atoms with Crippen LogP contribution in [0.15, 0.2) is 24.4 Å². The van der Waals surface area contributed by atoms with E-state index in [9.17, 15) is 4.79 Å². The van der Waals surface area contributed by atoms with E-state index in [0.29, 0.717) is 36.6 Å². The Morgan fingerprint density at radius 1 is 1.22 bits per heavy atom. The predicted molar refractivity (Wildman–Crippen MR) is 120 cm³/mol. The van der Waals surface area contributed by atoms with E-state index in [2.05, 4.69) is 20.5 Å². The smallest absolute Gasteiger partial charge is 0.270 e. The molecule has 1 unspecified atom stereocenters. The molecule has 2 N–H and O–H groups in total. The number of methoxy groups -OCH3 is 1. The summed E-state index contributed by atoms with van der Waals surface area (Å²) >= 11 is 0. The van der Waals surface area contributed by atoms with E-state index in [-0.39, 0.29) is 11.9 Å². The number of ether oxygens (including phenoxy) is 2. The molecule has 2 bridgehead atoms. The number of rotatable bonds is 7. The molecule has 2 aromatic rings. The fourth-order valence-electron chi connectivity index (χ4n) is 4.86. The number of hydrogen-bond acceptors (Lipinski definition) is 8. The fourth-order valence-corrected chi connectivity index (χ4v) is 4.86. The van der Waals surface area contributed by atoms with Crippen LogP contribution in [0.25, 0.3) is 0 Å². The zero-order valence-electron chi connectivity index (χ0n) is 18.6. The summed E-state index contributed by atoms with van der Waals surface area (Å²) in [6, 6.07) is 5.52. The van der Waals surface area contributed by atoms with Crippen LogP contribution in [0.4, 0.5) is 11.8 Å². The van der Waals surface area contributed by atoms with Crippen LogP contribution in [0.5, 0.6) is 5.75 Å². The highest BCUT2D eigenvalue weighted by Crippen LogP contribution is 2.49. The van der Waals surface area contributed by atoms with Crippen molar-refractivity contribution in [2.24, 2.45) is 11.8 Å². The monoisotopic (exact) mass is 438 g/mol. The molecule has 170 valence electrons. The van der Waals surface area contributed by atoms with Gasteiger partial charge in [-0.05, 0) is 50.2 Å². The van der Waals surface area contributed by atoms with E-state index in [1.165, 1.54) is 25.5 Å². The first kappa shape index (κ1) is 20.9. The van der Waals surface area contributed by atoms with E-state index in [1.807, 2.05) is 13.0 Å². The third-order valence-corrected chi connectivity index (χ3v) is 6.79. The summed E-state index contributed by atoms with van der Waals surface area (Å²) in [7, 11) is 1.57. The molecule has 9 heteroatoms. The minimum absolute atomic E-state index is 0.252. The van der Waals surface area contributed by atoms with Gasteiger partial charge >= 0.3 is 0 Å². The Labute approximate surface area is 187 Å². The van der Waals surface area contributed by atoms with Crippen molar-refractivity contribution < 1.29 is 14.3 Å². The number of nitrogens with one attached hydrogen (secondary N) is 2. The van der Waals surface area contributed by atoms with Crippen LogP contribution in [-0.2, 0) is 4.74 Å². The highest BCUT2D eigenvalue weighted by molar-refractivity contribution is 5.92. The SMILES string of the molecule is COc1ccc(C(=O)N[C@@H](C)c2cc(NC3CC4CC3C4)nc(N3CCOCC3)n2)nc1. The maximum absolute atomic E-state index is 12.7. The van der Waals surface area contributed by atoms with Gasteiger partial charge in [-0.2, -0.15) is 4.98 Å². The molecule has 9 nitrogen and oxygen atoms in total. The molecule has 6 rings (SSSR count). The van der Waals surface area contributed by atoms with Gasteiger partial charge in [-0.3, -0.25) is 4.79 Å². The van der Waals surface area contributed by atoms with Gasteiger partial charge in [0, 0.05) is 25.2 Å². The van der Waals surface area contributed by atoms with Crippen molar-refractivity contribution in [2.75, 3.05) is 43.6 Å². The molecule has 32 heavy (non-hydrogen) atoms. The molecule has 2 aromatic heterocycles. The van der Waals surface area contributed by atoms with E-state index in [1.54, 1.807) is 19.2 Å². The quantitative estimate of drug-likeness (QED) is 0.680. The number of pyridine rings is 1. The summed E-state index contributed by atoms with van der Waals surface area (Å²) in [5, 5.41) is 6.67. The highest BCUT2D eigenvalue weighted by Gasteiger charge is 2.44. The lowest BCUT2D eigenvalue weighted by Crippen LogP contribution is -2.38. The van der Waals surface area contributed by atoms with Crippen molar-refractivity contribution in [3.8, 4) is 5.75 Å². The number of amides is 1. The molecule has 4 aliphatic rings. The normalized spacial score (nSPS) is 25.1. The third-order valence-electron chi connectivity index (χ3n) is 6.79. The van der Waals surface area contributed by atoms with Crippen LogP contribution >= 0.6 is 0 Å². The third kappa shape index (κ3) is 4.34. The van der Waals surface area contributed by atoms with Crippen molar-refractivity contribution in [2.45, 2.75) is 38.3 Å². The van der Waals surface area contributed by atoms with Crippen molar-refractivity contribution >= 4 is 17.7 Å². The Morgan fingerprint density at radius 3 is 2.69 bits per heavy atom. The second-order valence-corrected chi connectivity index (χ2v) is 8.94. The van der Waals surface area contributed by atoms with E-state index in [4.69, 9.17) is 19.4 Å². The maximum atomic E-state index is 12.7. The fraction of sp³-hybridized carbons (Fsp3) is 0.565. The first-order chi connectivity index (χ1) is 15.6. The minimum Gasteiger partial charge on any atom is -0.495 e. The molecule has 4 fully saturated rings. The number of nitrogens with zero attached hydrogens (tertiary/aromatic N) is 4. The molecule has 0 aromatic carbocycles. The largest absolute Gasteiger partial charge is 0.495 e. The predicted octanol–water partition coefficient (Wildman–Crippen LogP) is 2.42. The lowest BCUT2D eigenvalue weighted by atomic mass is 9.84. The second-order valence-electron chi connectivity index (χ2n) is 8.94. The average molecular weight is 439 g/mol. The van der Waals surface area contributed by atoms with Crippen molar-refractivity contribution in [1.82, 2.24) is 20.3 Å². The molecule has 1 aliphatic heterocycles. The summed E-state index contributed by atoms with van der Waals surface area (Å²) < 4.78 is 10.6. The molecule has 2 atom stereocenters. The number of carbonyl (C=O) groups excluding carboxylic acids is 1. The number of fused-ring (bicyclic) bond motifs is 1. The second kappa shape index (κ2) is 8.90. The van der Waals surface area contributed by atoms with Gasteiger partial charge in [0.25, 0.3) is 5.91 Å². The molecular weight excluding hydrogens is 408 g/mol. The van der Waals surface area contributed by atoms with E-state index < -0.39 is 0 Å². The Hall–Kier alpha value is -2.94. The summed E-state index contributed by atoms with van der Waals surface area (Å²) in [5.74, 6) is 3.50. The molecule has 0 spiro atoms. The van der Waals surface area contributed by atoms with E-state index in [0.717, 1.165) is 36.4 Å². The van der Waals surface area contributed by atoms with Crippen molar-refractivity contribution in [3.05, 3.63) is 35.8 Å². The van der Waals surface area contributed by atoms with Gasteiger partial charge in [0.1, 0.15) is 17.3 Å². The van der Waals surface area contributed by atoms with Crippen molar-refractivity contribution in [1.29, 1.82) is 0 Å². The molecule has 3 heterocycles. The number of anilines is 2. The highest BCUT2D eigenvalue weighted by atomic mass is 16.5. The van der Waals surface area contributed by atoms with Gasteiger partial charge in [-0.25, -0.2) is 9.97 Å². The van der Waals surface area contributed by atoms with Crippen LogP contribution in [0, 0.1) is 11.8 Å². The maximum Gasteiger partial charge on any atom is 0.270 e. The molecule has 3 aliphatic carbocycles. The number of carbonyl (C=O) groups is 1. The van der Waals surface area contributed by atoms with Crippen LogP contribution in [0.3, 0.4) is 0 Å². The zero-order chi connectivity index (χ0) is 22.1. The average Bonchev–Trinajstić information content (AvgIpc) is 3.39. The summed E-state index contributed by atoms with van der Waals surface area (Å²) in [6.45, 7) is 4.78. The molecule has 3 saturated carbocycles. The molecule has 0 radical (unpaired) electrons. The molecule has 1 amide bonds. The summed E-state index contributed by atoms with van der Waals surface area (Å²) in [4.78, 5) is 28.7. The first-order valence-corrected chi connectivity index (χ1v) is 11.4. The Balaban J connectivity index is 1.35. The topological polar surface area (TPSA) is 102 Å². The van der Waals surface area contributed by atoms with Gasteiger partial charge in [0.05, 0.1) is 38.3 Å². The first-order valence-electron chi connectivity index (χ1n) is 11.4. The number of hydrogen-bond donors (Lipinski definition) is 2. The van der Waals surface area contributed by atoms with Crippen LogP contribution in [-0.4, -0.2) is 60.3 Å². The number of aromatic nitrogens is 3. The molecule has 1 saturated heterocycles. The van der Waals surface area contributed by atoms with Gasteiger partial charge < -0.3 is 25.0 Å². The van der Waals surface area contributed by atoms with Gasteiger partial charge in [0.2, 0.25) is 5.95 Å². The van der Waals surface area contributed by atoms with Crippen molar-refractivity contribution in [3.63, 3.8) is 0 Å². The standard InChI is InChI=1S/C23H30N6O3/c1-14(25-22(30)18-4-3-17(31-2)13-24-18)19-12-21(26-20-11-15-9-16(20)10-15)28-23(27-19)29-5-7-32-8-6-29/h3-4,12-16,20H,5-11H2,1-2H3,(H,25,30)(H,26,27,28)/t14-,15?,16?,20?/m0/s1.